The highest BCUT2D eigenvalue weighted by Gasteiger charge is 2.25. The zero-order valence-electron chi connectivity index (χ0n) is 17.4. The maximum atomic E-state index is 11.8. The van der Waals surface area contributed by atoms with Gasteiger partial charge in [-0.05, 0) is 32.8 Å². The second-order valence-electron chi connectivity index (χ2n) is 6.45. The Bertz CT molecular complexity index is 724. The largest absolute Gasteiger partial charge is 0.493 e. The van der Waals surface area contributed by atoms with Crippen LogP contribution >= 0.6 is 0 Å². The molecule has 0 aliphatic heterocycles. The van der Waals surface area contributed by atoms with Gasteiger partial charge in [-0.1, -0.05) is 6.92 Å². The van der Waals surface area contributed by atoms with E-state index in [9.17, 15) is 19.7 Å². The van der Waals surface area contributed by atoms with Crippen molar-refractivity contribution in [3.63, 3.8) is 0 Å². The van der Waals surface area contributed by atoms with Crippen LogP contribution in [0.4, 0.5) is 10.5 Å². The van der Waals surface area contributed by atoms with E-state index in [4.69, 9.17) is 14.2 Å². The summed E-state index contributed by atoms with van der Waals surface area (Å²) in [6, 6.07) is 2.76. The zero-order valence-corrected chi connectivity index (χ0v) is 17.4. The molecule has 1 aromatic carbocycles. The Kier molecular flexibility index (Phi) is 9.70. The van der Waals surface area contributed by atoms with Gasteiger partial charge in [0.2, 0.25) is 5.91 Å². The summed E-state index contributed by atoms with van der Waals surface area (Å²) in [5.41, 5.74) is -0.0811. The number of benzene rings is 1. The molecular formula is C19H29N3O7. The lowest BCUT2D eigenvalue weighted by atomic mass is 10.1. The Morgan fingerprint density at radius 1 is 1.24 bits per heavy atom. The van der Waals surface area contributed by atoms with E-state index in [2.05, 4.69) is 10.6 Å². The third-order valence-corrected chi connectivity index (χ3v) is 4.26. The van der Waals surface area contributed by atoms with Gasteiger partial charge in [0.05, 0.1) is 30.3 Å². The van der Waals surface area contributed by atoms with Crippen molar-refractivity contribution in [3.8, 4) is 11.5 Å². The summed E-state index contributed by atoms with van der Waals surface area (Å²) in [4.78, 5) is 34.1. The highest BCUT2D eigenvalue weighted by molar-refractivity contribution is 5.76. The molecule has 0 radical (unpaired) electrons. The van der Waals surface area contributed by atoms with Crippen LogP contribution in [0.25, 0.3) is 0 Å². The van der Waals surface area contributed by atoms with Crippen LogP contribution in [-0.4, -0.2) is 43.7 Å². The first kappa shape index (κ1) is 24.0. The Morgan fingerprint density at radius 2 is 1.93 bits per heavy atom. The van der Waals surface area contributed by atoms with Gasteiger partial charge in [-0.3, -0.25) is 14.9 Å². The summed E-state index contributed by atoms with van der Waals surface area (Å²) in [6.07, 6.45) is -0.0114. The number of rotatable bonds is 11. The van der Waals surface area contributed by atoms with Gasteiger partial charge in [0.15, 0.2) is 11.5 Å². The number of methoxy groups -OCH3 is 1. The molecule has 0 saturated heterocycles. The summed E-state index contributed by atoms with van der Waals surface area (Å²) >= 11 is 0. The molecule has 0 bridgehead atoms. The number of nitro benzene ring substituents is 1. The summed E-state index contributed by atoms with van der Waals surface area (Å²) in [5, 5.41) is 16.6. The minimum atomic E-state index is -0.873. The number of nitrogens with one attached hydrogen (secondary N) is 2. The molecule has 0 spiro atoms. The Labute approximate surface area is 170 Å². The number of hydrogen-bond acceptors (Lipinski definition) is 7. The van der Waals surface area contributed by atoms with Gasteiger partial charge in [-0.15, -0.1) is 0 Å². The van der Waals surface area contributed by atoms with Gasteiger partial charge in [0.25, 0.3) is 5.69 Å². The fraction of sp³-hybridized carbons (Fsp3) is 0.579. The van der Waals surface area contributed by atoms with Crippen LogP contribution in [0.3, 0.4) is 0 Å². The fourth-order valence-corrected chi connectivity index (χ4v) is 2.47. The molecule has 29 heavy (non-hydrogen) atoms. The van der Waals surface area contributed by atoms with Gasteiger partial charge in [0, 0.05) is 19.5 Å². The van der Waals surface area contributed by atoms with Crippen molar-refractivity contribution < 1.29 is 28.7 Å². The Morgan fingerprint density at radius 3 is 2.48 bits per heavy atom. The van der Waals surface area contributed by atoms with Gasteiger partial charge < -0.3 is 24.8 Å². The monoisotopic (exact) mass is 411 g/mol. The SMILES string of the molecule is CCC(C)NC(=O)CCCOc1cc([N+](=O)[O-])c(C(C)OC(=O)NC)cc1OC. The molecule has 162 valence electrons. The van der Waals surface area contributed by atoms with Crippen molar-refractivity contribution in [1.29, 1.82) is 0 Å². The number of nitrogens with zero attached hydrogens (tertiary/aromatic N) is 1. The molecule has 2 atom stereocenters. The third-order valence-electron chi connectivity index (χ3n) is 4.26. The second-order valence-corrected chi connectivity index (χ2v) is 6.45. The van der Waals surface area contributed by atoms with Crippen LogP contribution in [0.2, 0.25) is 0 Å². The Balaban J connectivity index is 2.88. The van der Waals surface area contributed by atoms with Gasteiger partial charge in [-0.2, -0.15) is 0 Å². The third kappa shape index (κ3) is 7.47. The standard InChI is InChI=1S/C19H29N3O7/c1-6-12(2)21-18(23)8-7-9-28-17-11-15(22(25)26)14(10-16(17)27-5)13(3)29-19(24)20-4/h10-13H,6-9H2,1-5H3,(H,20,24)(H,21,23). The van der Waals surface area contributed by atoms with Crippen LogP contribution in [0.15, 0.2) is 12.1 Å². The second kappa shape index (κ2) is 11.7. The molecule has 0 heterocycles. The van der Waals surface area contributed by atoms with E-state index in [1.165, 1.54) is 33.2 Å². The predicted molar refractivity (Wildman–Crippen MR) is 106 cm³/mol. The molecule has 0 fully saturated rings. The van der Waals surface area contributed by atoms with Crippen molar-refractivity contribution in [2.75, 3.05) is 20.8 Å². The predicted octanol–water partition coefficient (Wildman–Crippen LogP) is 3.09. The van der Waals surface area contributed by atoms with Crippen molar-refractivity contribution in [2.24, 2.45) is 0 Å². The highest BCUT2D eigenvalue weighted by atomic mass is 16.6. The quantitative estimate of drug-likeness (QED) is 0.325. The van der Waals surface area contributed by atoms with E-state index < -0.39 is 17.1 Å². The maximum absolute atomic E-state index is 11.8. The maximum Gasteiger partial charge on any atom is 0.407 e. The minimum Gasteiger partial charge on any atom is -0.493 e. The fourth-order valence-electron chi connectivity index (χ4n) is 2.47. The first-order valence-electron chi connectivity index (χ1n) is 9.40. The average molecular weight is 411 g/mol. The van der Waals surface area contributed by atoms with E-state index >= 15 is 0 Å². The molecule has 1 rings (SSSR count). The number of carbonyl (C=O) groups excluding carboxylic acids is 2. The molecule has 2 amide bonds. The number of ether oxygens (including phenoxy) is 3. The Hall–Kier alpha value is -3.04. The summed E-state index contributed by atoms with van der Waals surface area (Å²) in [6.45, 7) is 5.62. The average Bonchev–Trinajstić information content (AvgIpc) is 2.69. The number of amides is 2. The van der Waals surface area contributed by atoms with Crippen molar-refractivity contribution >= 4 is 17.7 Å². The summed E-state index contributed by atoms with van der Waals surface area (Å²) < 4.78 is 16.0. The number of carbonyl (C=O) groups is 2. The molecular weight excluding hydrogens is 382 g/mol. The van der Waals surface area contributed by atoms with Gasteiger partial charge >= 0.3 is 6.09 Å². The lowest BCUT2D eigenvalue weighted by Gasteiger charge is -2.17. The van der Waals surface area contributed by atoms with E-state index in [0.29, 0.717) is 6.42 Å². The molecule has 10 heteroatoms. The molecule has 10 nitrogen and oxygen atoms in total. The van der Waals surface area contributed by atoms with Crippen molar-refractivity contribution in [1.82, 2.24) is 10.6 Å². The smallest absolute Gasteiger partial charge is 0.407 e. The van der Waals surface area contributed by atoms with E-state index in [0.717, 1.165) is 6.42 Å². The van der Waals surface area contributed by atoms with Crippen LogP contribution in [0, 0.1) is 10.1 Å². The number of hydrogen-bond donors (Lipinski definition) is 2. The first-order chi connectivity index (χ1) is 13.7. The molecule has 0 aliphatic carbocycles. The molecule has 2 unspecified atom stereocenters. The lowest BCUT2D eigenvalue weighted by molar-refractivity contribution is -0.386. The summed E-state index contributed by atoms with van der Waals surface area (Å²) in [7, 11) is 2.80. The van der Waals surface area contributed by atoms with E-state index in [1.54, 1.807) is 0 Å². The van der Waals surface area contributed by atoms with Crippen LogP contribution in [-0.2, 0) is 9.53 Å². The molecule has 0 aromatic heterocycles. The lowest BCUT2D eigenvalue weighted by Crippen LogP contribution is -2.31. The molecule has 0 aliphatic rings. The first-order valence-corrected chi connectivity index (χ1v) is 9.40. The molecule has 0 saturated carbocycles. The molecule has 1 aromatic rings. The van der Waals surface area contributed by atoms with Gasteiger partial charge in [0.1, 0.15) is 6.10 Å². The minimum absolute atomic E-state index is 0.0728. The van der Waals surface area contributed by atoms with E-state index in [-0.39, 0.29) is 47.7 Å². The van der Waals surface area contributed by atoms with Crippen LogP contribution in [0.1, 0.15) is 51.7 Å². The normalized spacial score (nSPS) is 12.4. The van der Waals surface area contributed by atoms with Crippen molar-refractivity contribution in [3.05, 3.63) is 27.8 Å². The van der Waals surface area contributed by atoms with Gasteiger partial charge in [-0.25, -0.2) is 4.79 Å². The van der Waals surface area contributed by atoms with Crippen molar-refractivity contribution in [2.45, 2.75) is 52.2 Å². The number of alkyl carbamates (subject to hydrolysis) is 1. The van der Waals surface area contributed by atoms with E-state index in [1.807, 2.05) is 13.8 Å². The van der Waals surface area contributed by atoms with Crippen LogP contribution < -0.4 is 20.1 Å². The zero-order chi connectivity index (χ0) is 22.0. The topological polar surface area (TPSA) is 129 Å². The highest BCUT2D eigenvalue weighted by Crippen LogP contribution is 2.38. The van der Waals surface area contributed by atoms with Crippen LogP contribution in [0.5, 0.6) is 11.5 Å². The summed E-state index contributed by atoms with van der Waals surface area (Å²) in [5.74, 6) is 0.371. The number of nitro groups is 1. The molecule has 2 N–H and O–H groups in total.